The number of ketones is 1. The van der Waals surface area contributed by atoms with Crippen LogP contribution in [0.3, 0.4) is 0 Å². The second kappa shape index (κ2) is 12.4. The molecule has 2 aromatic rings. The van der Waals surface area contributed by atoms with Crippen LogP contribution in [0, 0.1) is 38.0 Å². The number of carbonyl (C=O) groups excluding carboxylic acids is 1. The number of nitro groups is 2. The van der Waals surface area contributed by atoms with E-state index < -0.39 is 27.0 Å². The zero-order chi connectivity index (χ0) is 26.4. The third-order valence-corrected chi connectivity index (χ3v) is 8.78. The highest BCUT2D eigenvalue weighted by Crippen LogP contribution is 2.44. The Balaban J connectivity index is 1.32. The van der Waals surface area contributed by atoms with Crippen molar-refractivity contribution in [3.8, 4) is 0 Å². The van der Waals surface area contributed by atoms with E-state index in [1.807, 2.05) is 12.1 Å². The molecule has 0 heterocycles. The highest BCUT2D eigenvalue weighted by molar-refractivity contribution is 6.09. The van der Waals surface area contributed by atoms with Crippen LogP contribution < -0.4 is 0 Å². The van der Waals surface area contributed by atoms with Gasteiger partial charge in [-0.25, -0.2) is 0 Å². The van der Waals surface area contributed by atoms with Crippen molar-refractivity contribution in [1.82, 2.24) is 0 Å². The normalized spacial score (nSPS) is 23.9. The number of nitrogens with zero attached hydrogens (tertiary/aromatic N) is 2. The van der Waals surface area contributed by atoms with Crippen LogP contribution in [0.15, 0.2) is 42.5 Å². The van der Waals surface area contributed by atoms with Crippen molar-refractivity contribution in [2.24, 2.45) is 17.8 Å². The summed E-state index contributed by atoms with van der Waals surface area (Å²) in [6.45, 7) is 2.28. The van der Waals surface area contributed by atoms with Crippen molar-refractivity contribution < 1.29 is 14.6 Å². The fraction of sp³-hybridized carbons (Fsp3) is 0.567. The number of carbonyl (C=O) groups is 1. The molecule has 4 rings (SSSR count). The first-order chi connectivity index (χ1) is 17.9. The predicted octanol–water partition coefficient (Wildman–Crippen LogP) is 8.39. The molecule has 0 saturated heterocycles. The summed E-state index contributed by atoms with van der Waals surface area (Å²) in [4.78, 5) is 33.8. The van der Waals surface area contributed by atoms with E-state index in [1.165, 1.54) is 82.6 Å². The lowest BCUT2D eigenvalue weighted by atomic mass is 9.68. The quantitative estimate of drug-likeness (QED) is 0.139. The van der Waals surface area contributed by atoms with Crippen LogP contribution in [0.1, 0.15) is 111 Å². The smallest absolute Gasteiger partial charge is 0.277 e. The Labute approximate surface area is 219 Å². The minimum absolute atomic E-state index is 0.0470. The zero-order valence-corrected chi connectivity index (χ0v) is 21.8. The summed E-state index contributed by atoms with van der Waals surface area (Å²) in [7, 11) is 0. The van der Waals surface area contributed by atoms with E-state index in [1.54, 1.807) is 12.1 Å². The van der Waals surface area contributed by atoms with Crippen LogP contribution in [0.25, 0.3) is 0 Å². The zero-order valence-electron chi connectivity index (χ0n) is 21.8. The number of benzene rings is 2. The molecule has 2 aliphatic rings. The van der Waals surface area contributed by atoms with Gasteiger partial charge in [-0.3, -0.25) is 25.0 Å². The number of non-ortho nitro benzene ring substituents is 2. The third kappa shape index (κ3) is 6.82. The van der Waals surface area contributed by atoms with Gasteiger partial charge in [-0.15, -0.1) is 0 Å². The summed E-state index contributed by atoms with van der Waals surface area (Å²) < 4.78 is 0. The van der Waals surface area contributed by atoms with Crippen molar-refractivity contribution >= 4 is 17.2 Å². The highest BCUT2D eigenvalue weighted by atomic mass is 16.6. The van der Waals surface area contributed by atoms with E-state index in [-0.39, 0.29) is 5.56 Å². The Hall–Kier alpha value is -3.09. The topological polar surface area (TPSA) is 103 Å². The number of unbranched alkanes of at least 4 members (excludes halogenated alkanes) is 2. The van der Waals surface area contributed by atoms with Crippen LogP contribution >= 0.6 is 0 Å². The van der Waals surface area contributed by atoms with Crippen LogP contribution in [0.5, 0.6) is 0 Å². The van der Waals surface area contributed by atoms with Crippen molar-refractivity contribution in [3.05, 3.63) is 79.4 Å². The molecule has 0 aromatic heterocycles. The number of nitro benzene ring substituents is 2. The summed E-state index contributed by atoms with van der Waals surface area (Å²) in [5.74, 6) is 2.73. The average Bonchev–Trinajstić information content (AvgIpc) is 2.93. The molecule has 7 heteroatoms. The molecular formula is C30H38N2O5. The van der Waals surface area contributed by atoms with Gasteiger partial charge in [-0.05, 0) is 67.8 Å². The first-order valence-electron chi connectivity index (χ1n) is 13.9. The molecule has 198 valence electrons. The van der Waals surface area contributed by atoms with Crippen LogP contribution in [-0.2, 0) is 0 Å². The van der Waals surface area contributed by atoms with Crippen molar-refractivity contribution in [1.29, 1.82) is 0 Å². The molecule has 0 aliphatic heterocycles. The van der Waals surface area contributed by atoms with Gasteiger partial charge in [-0.2, -0.15) is 0 Å². The molecule has 2 aromatic carbocycles. The molecule has 0 unspecified atom stereocenters. The predicted molar refractivity (Wildman–Crippen MR) is 144 cm³/mol. The lowest BCUT2D eigenvalue weighted by Gasteiger charge is -2.38. The third-order valence-electron chi connectivity index (χ3n) is 8.78. The van der Waals surface area contributed by atoms with Crippen molar-refractivity contribution in [3.63, 3.8) is 0 Å². The Kier molecular flexibility index (Phi) is 9.06. The van der Waals surface area contributed by atoms with Crippen molar-refractivity contribution in [2.75, 3.05) is 0 Å². The molecule has 0 radical (unpaired) electrons. The lowest BCUT2D eigenvalue weighted by Crippen LogP contribution is -2.25. The van der Waals surface area contributed by atoms with Crippen LogP contribution in [-0.4, -0.2) is 15.6 Å². The van der Waals surface area contributed by atoms with Crippen molar-refractivity contribution in [2.45, 2.75) is 89.9 Å². The van der Waals surface area contributed by atoms with Crippen LogP contribution in [0.4, 0.5) is 11.4 Å². The largest absolute Gasteiger partial charge is 0.289 e. The standard InChI is InChI=1S/C30H38N2O5/c1-2-3-4-5-21-6-8-22(9-7-21)23-10-12-24(13-11-23)25-14-16-26(17-15-25)30(33)27-18-28(31(34)35)20-29(19-27)32(36)37/h14-24H,2-13H2,1H3. The van der Waals surface area contributed by atoms with Gasteiger partial charge in [-0.1, -0.05) is 69.7 Å². The fourth-order valence-corrected chi connectivity index (χ4v) is 6.57. The molecule has 0 spiro atoms. The van der Waals surface area contributed by atoms with Gasteiger partial charge in [0.1, 0.15) is 0 Å². The van der Waals surface area contributed by atoms with Gasteiger partial charge >= 0.3 is 0 Å². The van der Waals surface area contributed by atoms with E-state index in [9.17, 15) is 25.0 Å². The minimum atomic E-state index is -0.720. The molecule has 7 nitrogen and oxygen atoms in total. The SMILES string of the molecule is CCCCCC1CCC(C2CCC(c3ccc(C(=O)c4cc([N+](=O)[O-])cc([N+](=O)[O-])c4)cc3)CC2)CC1. The van der Waals surface area contributed by atoms with Gasteiger partial charge in [0, 0.05) is 23.3 Å². The van der Waals surface area contributed by atoms with Gasteiger partial charge in [0.15, 0.2) is 5.78 Å². The Bertz CT molecular complexity index is 1070. The summed E-state index contributed by atoms with van der Waals surface area (Å²) in [6.07, 6.45) is 16.0. The summed E-state index contributed by atoms with van der Waals surface area (Å²) in [6, 6.07) is 10.5. The summed E-state index contributed by atoms with van der Waals surface area (Å²) in [5.41, 5.74) is 0.628. The Morgan fingerprint density at radius 1 is 0.757 bits per heavy atom. The van der Waals surface area contributed by atoms with E-state index in [0.717, 1.165) is 36.0 Å². The average molecular weight is 507 g/mol. The monoisotopic (exact) mass is 506 g/mol. The maximum Gasteiger partial charge on any atom is 0.277 e. The first-order valence-corrected chi connectivity index (χ1v) is 13.9. The second-order valence-electron chi connectivity index (χ2n) is 11.1. The second-order valence-corrected chi connectivity index (χ2v) is 11.1. The Morgan fingerprint density at radius 3 is 1.81 bits per heavy atom. The number of rotatable bonds is 10. The van der Waals surface area contributed by atoms with Gasteiger partial charge in [0.05, 0.1) is 15.9 Å². The molecule has 2 fully saturated rings. The molecule has 2 aliphatic carbocycles. The molecular weight excluding hydrogens is 468 g/mol. The maximum absolute atomic E-state index is 13.0. The lowest BCUT2D eigenvalue weighted by molar-refractivity contribution is -0.394. The summed E-state index contributed by atoms with van der Waals surface area (Å²) >= 11 is 0. The highest BCUT2D eigenvalue weighted by Gasteiger charge is 2.31. The molecule has 37 heavy (non-hydrogen) atoms. The summed E-state index contributed by atoms with van der Waals surface area (Å²) in [5, 5.41) is 22.3. The van der Waals surface area contributed by atoms with Gasteiger partial charge < -0.3 is 0 Å². The maximum atomic E-state index is 13.0. The molecule has 2 saturated carbocycles. The molecule has 0 atom stereocenters. The fourth-order valence-electron chi connectivity index (χ4n) is 6.57. The minimum Gasteiger partial charge on any atom is -0.289 e. The van der Waals surface area contributed by atoms with E-state index in [0.29, 0.717) is 11.5 Å². The van der Waals surface area contributed by atoms with Gasteiger partial charge in [0.2, 0.25) is 0 Å². The van der Waals surface area contributed by atoms with Gasteiger partial charge in [0.25, 0.3) is 11.4 Å². The van der Waals surface area contributed by atoms with E-state index >= 15 is 0 Å². The first kappa shape index (κ1) is 27.0. The number of hydrogen-bond donors (Lipinski definition) is 0. The van der Waals surface area contributed by atoms with Crippen LogP contribution in [0.2, 0.25) is 0 Å². The molecule has 0 amide bonds. The molecule has 0 N–H and O–H groups in total. The molecule has 0 bridgehead atoms. The number of hydrogen-bond acceptors (Lipinski definition) is 5. The van der Waals surface area contributed by atoms with E-state index in [4.69, 9.17) is 0 Å². The van der Waals surface area contributed by atoms with E-state index in [2.05, 4.69) is 6.92 Å². The Morgan fingerprint density at radius 2 is 1.30 bits per heavy atom.